The van der Waals surface area contributed by atoms with Gasteiger partial charge in [0.2, 0.25) is 0 Å². The summed E-state index contributed by atoms with van der Waals surface area (Å²) in [7, 11) is 0. The fourth-order valence-corrected chi connectivity index (χ4v) is 2.80. The van der Waals surface area contributed by atoms with E-state index < -0.39 is 17.4 Å². The van der Waals surface area contributed by atoms with Gasteiger partial charge in [0, 0.05) is 18.8 Å². The number of benzene rings is 1. The summed E-state index contributed by atoms with van der Waals surface area (Å²) in [5.41, 5.74) is -0.680. The third-order valence-electron chi connectivity index (χ3n) is 4.17. The van der Waals surface area contributed by atoms with Crippen molar-refractivity contribution >= 4 is 17.6 Å². The van der Waals surface area contributed by atoms with Gasteiger partial charge in [-0.25, -0.2) is 4.98 Å². The Kier molecular flexibility index (Phi) is 4.44. The molecular weight excluding hydrogens is 318 g/mol. The first-order chi connectivity index (χ1) is 11.9. The molecular formula is C19H21N3O3. The van der Waals surface area contributed by atoms with Gasteiger partial charge < -0.3 is 10.1 Å². The zero-order valence-corrected chi connectivity index (χ0v) is 14.5. The summed E-state index contributed by atoms with van der Waals surface area (Å²) in [6.45, 7) is 5.59. The zero-order chi connectivity index (χ0) is 18.0. The second-order valence-corrected chi connectivity index (χ2v) is 6.40. The Morgan fingerprint density at radius 3 is 2.64 bits per heavy atom. The Morgan fingerprint density at radius 2 is 1.96 bits per heavy atom. The van der Waals surface area contributed by atoms with Crippen LogP contribution in [0.25, 0.3) is 0 Å². The summed E-state index contributed by atoms with van der Waals surface area (Å²) in [4.78, 5) is 31.5. The van der Waals surface area contributed by atoms with Crippen LogP contribution in [-0.2, 0) is 16.1 Å². The first kappa shape index (κ1) is 17.0. The van der Waals surface area contributed by atoms with Gasteiger partial charge in [0.15, 0.2) is 11.6 Å². The summed E-state index contributed by atoms with van der Waals surface area (Å²) in [6.07, 6.45) is 1.60. The lowest BCUT2D eigenvalue weighted by Crippen LogP contribution is -2.63. The maximum atomic E-state index is 13.0. The van der Waals surface area contributed by atoms with E-state index in [-0.39, 0.29) is 6.04 Å². The van der Waals surface area contributed by atoms with E-state index in [1.165, 1.54) is 11.8 Å². The molecule has 6 heteroatoms. The first-order valence-electron chi connectivity index (χ1n) is 8.23. The number of carbonyl (C=O) groups excluding carboxylic acids is 2. The molecule has 0 spiro atoms. The Morgan fingerprint density at radius 1 is 1.24 bits per heavy atom. The third kappa shape index (κ3) is 3.07. The van der Waals surface area contributed by atoms with E-state index in [1.807, 2.05) is 44.2 Å². The molecule has 0 aliphatic carbocycles. The minimum Gasteiger partial charge on any atom is -0.464 e. The molecule has 1 atom stereocenters. The summed E-state index contributed by atoms with van der Waals surface area (Å²) < 4.78 is 5.80. The average molecular weight is 339 g/mol. The smallest absolute Gasteiger partial charge is 0.282 e. The molecule has 2 aromatic rings. The van der Waals surface area contributed by atoms with Crippen LogP contribution in [0, 0.1) is 0 Å². The highest BCUT2D eigenvalue weighted by Crippen LogP contribution is 2.37. The van der Waals surface area contributed by atoms with Crippen molar-refractivity contribution < 1.29 is 14.3 Å². The van der Waals surface area contributed by atoms with E-state index in [2.05, 4.69) is 10.3 Å². The second-order valence-electron chi connectivity index (χ2n) is 6.40. The van der Waals surface area contributed by atoms with Crippen LogP contribution in [0.5, 0.6) is 5.75 Å². The molecule has 1 aromatic heterocycles. The van der Waals surface area contributed by atoms with Crippen molar-refractivity contribution in [3.05, 3.63) is 54.2 Å². The SMILES string of the molecule is CC(C)N1C(=O)[C@@](C)(C(=O)NCc2ccccc2)Oc2cccnc21. The summed E-state index contributed by atoms with van der Waals surface area (Å²) >= 11 is 0. The second kappa shape index (κ2) is 6.55. The Balaban J connectivity index is 1.87. The van der Waals surface area contributed by atoms with Crippen LogP contribution in [-0.4, -0.2) is 28.4 Å². The molecule has 1 N–H and O–H groups in total. The van der Waals surface area contributed by atoms with Gasteiger partial charge in [-0.3, -0.25) is 14.5 Å². The molecule has 1 aromatic carbocycles. The van der Waals surface area contributed by atoms with E-state index in [4.69, 9.17) is 4.74 Å². The van der Waals surface area contributed by atoms with E-state index >= 15 is 0 Å². The molecule has 1 aliphatic rings. The number of anilines is 1. The fraction of sp³-hybridized carbons (Fsp3) is 0.316. The zero-order valence-electron chi connectivity index (χ0n) is 14.5. The number of ether oxygens (including phenoxy) is 1. The highest BCUT2D eigenvalue weighted by Gasteiger charge is 2.51. The highest BCUT2D eigenvalue weighted by atomic mass is 16.5. The Labute approximate surface area is 146 Å². The van der Waals surface area contributed by atoms with Gasteiger partial charge in [-0.1, -0.05) is 30.3 Å². The van der Waals surface area contributed by atoms with Crippen LogP contribution in [0.4, 0.5) is 5.82 Å². The van der Waals surface area contributed by atoms with Gasteiger partial charge in [-0.2, -0.15) is 0 Å². The number of nitrogens with zero attached hydrogens (tertiary/aromatic N) is 2. The van der Waals surface area contributed by atoms with Gasteiger partial charge >= 0.3 is 0 Å². The predicted octanol–water partition coefficient (Wildman–Crippen LogP) is 2.29. The molecule has 2 heterocycles. The number of nitrogens with one attached hydrogen (secondary N) is 1. The molecule has 2 amide bonds. The minimum atomic E-state index is -1.63. The largest absolute Gasteiger partial charge is 0.464 e. The van der Waals surface area contributed by atoms with Crippen LogP contribution in [0.2, 0.25) is 0 Å². The molecule has 3 rings (SSSR count). The standard InChI is InChI=1S/C19H21N3O3/c1-13(2)22-16-15(10-7-11-20-16)25-19(3,18(22)24)17(23)21-12-14-8-5-4-6-9-14/h4-11,13H,12H2,1-3H3,(H,21,23)/t19-/m1/s1. The molecule has 0 saturated heterocycles. The van der Waals surface area contributed by atoms with Gasteiger partial charge in [0.05, 0.1) is 0 Å². The number of hydrogen-bond donors (Lipinski definition) is 1. The Hall–Kier alpha value is -2.89. The molecule has 0 radical (unpaired) electrons. The van der Waals surface area contributed by atoms with Gasteiger partial charge in [0.25, 0.3) is 17.4 Å². The lowest BCUT2D eigenvalue weighted by Gasteiger charge is -2.40. The van der Waals surface area contributed by atoms with Crippen molar-refractivity contribution in [2.75, 3.05) is 4.90 Å². The van der Waals surface area contributed by atoms with E-state index in [0.29, 0.717) is 18.1 Å². The monoisotopic (exact) mass is 339 g/mol. The predicted molar refractivity (Wildman–Crippen MR) is 94.2 cm³/mol. The van der Waals surface area contributed by atoms with Crippen molar-refractivity contribution in [2.45, 2.75) is 39.0 Å². The lowest BCUT2D eigenvalue weighted by molar-refractivity contribution is -0.148. The minimum absolute atomic E-state index is 0.147. The molecule has 130 valence electrons. The van der Waals surface area contributed by atoms with Crippen LogP contribution >= 0.6 is 0 Å². The van der Waals surface area contributed by atoms with E-state index in [1.54, 1.807) is 18.3 Å². The highest BCUT2D eigenvalue weighted by molar-refractivity contribution is 6.16. The first-order valence-corrected chi connectivity index (χ1v) is 8.23. The van der Waals surface area contributed by atoms with Crippen molar-refractivity contribution in [1.29, 1.82) is 0 Å². The summed E-state index contributed by atoms with van der Waals surface area (Å²) in [6, 6.07) is 12.8. The normalized spacial score (nSPS) is 19.4. The molecule has 0 bridgehead atoms. The number of hydrogen-bond acceptors (Lipinski definition) is 4. The van der Waals surface area contributed by atoms with Gasteiger partial charge in [-0.05, 0) is 38.5 Å². The van der Waals surface area contributed by atoms with Crippen LogP contribution in [0.1, 0.15) is 26.3 Å². The Bertz CT molecular complexity index is 792. The van der Waals surface area contributed by atoms with E-state index in [0.717, 1.165) is 5.56 Å². The quantitative estimate of drug-likeness (QED) is 0.868. The summed E-state index contributed by atoms with van der Waals surface area (Å²) in [5.74, 6) is -0.0234. The number of pyridine rings is 1. The topological polar surface area (TPSA) is 71.5 Å². The molecule has 25 heavy (non-hydrogen) atoms. The van der Waals surface area contributed by atoms with E-state index in [9.17, 15) is 9.59 Å². The maximum absolute atomic E-state index is 13.0. The average Bonchev–Trinajstić information content (AvgIpc) is 2.61. The summed E-state index contributed by atoms with van der Waals surface area (Å²) in [5, 5.41) is 2.80. The number of aromatic nitrogens is 1. The van der Waals surface area contributed by atoms with Crippen molar-refractivity contribution in [2.24, 2.45) is 0 Å². The third-order valence-corrected chi connectivity index (χ3v) is 4.17. The molecule has 6 nitrogen and oxygen atoms in total. The van der Waals surface area contributed by atoms with Gasteiger partial charge in [-0.15, -0.1) is 0 Å². The van der Waals surface area contributed by atoms with Crippen molar-refractivity contribution in [3.8, 4) is 5.75 Å². The molecule has 0 saturated carbocycles. The number of fused-ring (bicyclic) bond motifs is 1. The number of rotatable bonds is 4. The maximum Gasteiger partial charge on any atom is 0.282 e. The van der Waals surface area contributed by atoms with Crippen LogP contribution < -0.4 is 15.0 Å². The van der Waals surface area contributed by atoms with Crippen LogP contribution in [0.15, 0.2) is 48.7 Å². The van der Waals surface area contributed by atoms with Crippen LogP contribution in [0.3, 0.4) is 0 Å². The molecule has 0 fully saturated rings. The number of amides is 2. The van der Waals surface area contributed by atoms with Crippen molar-refractivity contribution in [1.82, 2.24) is 10.3 Å². The van der Waals surface area contributed by atoms with Gasteiger partial charge in [0.1, 0.15) is 0 Å². The number of carbonyl (C=O) groups is 2. The van der Waals surface area contributed by atoms with Crippen molar-refractivity contribution in [3.63, 3.8) is 0 Å². The molecule has 1 aliphatic heterocycles. The molecule has 0 unspecified atom stereocenters. The fourth-order valence-electron chi connectivity index (χ4n) is 2.80. The lowest BCUT2D eigenvalue weighted by atomic mass is 9.99.